The number of anilines is 1. The molecule has 0 aliphatic carbocycles. The highest BCUT2D eigenvalue weighted by Gasteiger charge is 2.14. The topological polar surface area (TPSA) is 41.1 Å². The summed E-state index contributed by atoms with van der Waals surface area (Å²) in [5.74, 6) is 2.73. The number of nitrogens with zero attached hydrogens (tertiary/aromatic N) is 3. The van der Waals surface area contributed by atoms with Crippen LogP contribution in [0.4, 0.5) is 5.82 Å². The third-order valence-corrected chi connectivity index (χ3v) is 4.01. The third-order valence-electron chi connectivity index (χ3n) is 3.29. The minimum absolute atomic E-state index is 0.518. The largest absolute Gasteiger partial charge is 0.355 e. The molecule has 0 spiro atoms. The third kappa shape index (κ3) is 5.67. The van der Waals surface area contributed by atoms with E-state index < -0.39 is 0 Å². The van der Waals surface area contributed by atoms with Gasteiger partial charge in [0.25, 0.3) is 0 Å². The molecule has 1 aromatic rings. The van der Waals surface area contributed by atoms with Crippen molar-refractivity contribution < 1.29 is 0 Å². The van der Waals surface area contributed by atoms with Crippen molar-refractivity contribution in [1.82, 2.24) is 15.3 Å². The van der Waals surface area contributed by atoms with Crippen molar-refractivity contribution in [2.45, 2.75) is 39.8 Å². The first-order valence-corrected chi connectivity index (χ1v) is 8.71. The van der Waals surface area contributed by atoms with E-state index in [0.29, 0.717) is 12.0 Å². The molecule has 0 fully saturated rings. The number of hydrogen-bond donors (Lipinski definition) is 1. The molecule has 0 saturated carbocycles. The van der Waals surface area contributed by atoms with Gasteiger partial charge in [-0.3, -0.25) is 4.98 Å². The van der Waals surface area contributed by atoms with Crippen molar-refractivity contribution in [2.75, 3.05) is 30.5 Å². The molecule has 114 valence electrons. The lowest BCUT2D eigenvalue weighted by Gasteiger charge is -2.27. The first kappa shape index (κ1) is 17.2. The molecule has 4 nitrogen and oxygen atoms in total. The van der Waals surface area contributed by atoms with E-state index >= 15 is 0 Å². The van der Waals surface area contributed by atoms with E-state index in [9.17, 15) is 0 Å². The normalized spacial score (nSPS) is 12.7. The number of nitrogens with one attached hydrogen (secondary N) is 1. The van der Waals surface area contributed by atoms with Gasteiger partial charge in [-0.15, -0.1) is 0 Å². The van der Waals surface area contributed by atoms with Crippen LogP contribution in [-0.2, 0) is 6.54 Å². The van der Waals surface area contributed by atoms with Gasteiger partial charge in [0.05, 0.1) is 18.1 Å². The summed E-state index contributed by atoms with van der Waals surface area (Å²) in [5, 5.41) is 3.38. The van der Waals surface area contributed by atoms with Gasteiger partial charge in [0.2, 0.25) is 0 Å². The maximum atomic E-state index is 4.54. The molecule has 0 aromatic carbocycles. The Kier molecular flexibility index (Phi) is 7.92. The summed E-state index contributed by atoms with van der Waals surface area (Å²) in [4.78, 5) is 11.3. The molecule has 5 heteroatoms. The Morgan fingerprint density at radius 1 is 1.30 bits per heavy atom. The fourth-order valence-corrected chi connectivity index (χ4v) is 2.84. The second-order valence-electron chi connectivity index (χ2n) is 5.52. The van der Waals surface area contributed by atoms with E-state index in [4.69, 9.17) is 0 Å². The van der Waals surface area contributed by atoms with E-state index in [-0.39, 0.29) is 0 Å². The molecule has 1 aromatic heterocycles. The average molecular weight is 296 g/mol. The van der Waals surface area contributed by atoms with Crippen LogP contribution < -0.4 is 10.2 Å². The standard InChI is InChI=1S/C15H28N4S/c1-6-14(11-20-5)19(4)15-10-17-13(9-18-15)8-16-7-12(2)3/h9-10,12,14,16H,6-8,11H2,1-5H3. The minimum atomic E-state index is 0.518. The molecule has 0 amide bonds. The first-order chi connectivity index (χ1) is 9.58. The van der Waals surface area contributed by atoms with E-state index in [1.54, 1.807) is 0 Å². The molecule has 0 aliphatic heterocycles. The molecule has 0 bridgehead atoms. The maximum Gasteiger partial charge on any atom is 0.147 e. The van der Waals surface area contributed by atoms with Crippen molar-refractivity contribution in [3.8, 4) is 0 Å². The molecule has 1 atom stereocenters. The van der Waals surface area contributed by atoms with E-state index in [2.05, 4.69) is 54.3 Å². The number of hydrogen-bond acceptors (Lipinski definition) is 5. The first-order valence-electron chi connectivity index (χ1n) is 7.31. The molecule has 1 N–H and O–H groups in total. The van der Waals surface area contributed by atoms with E-state index in [0.717, 1.165) is 36.8 Å². The van der Waals surface area contributed by atoms with Crippen LogP contribution in [0.3, 0.4) is 0 Å². The van der Waals surface area contributed by atoms with Gasteiger partial charge in [0.1, 0.15) is 5.82 Å². The summed E-state index contributed by atoms with van der Waals surface area (Å²) in [6.07, 6.45) is 7.03. The van der Waals surface area contributed by atoms with Gasteiger partial charge in [-0.25, -0.2) is 4.98 Å². The SMILES string of the molecule is CCC(CSC)N(C)c1cnc(CNCC(C)C)cn1. The second-order valence-corrected chi connectivity index (χ2v) is 6.43. The molecule has 0 saturated heterocycles. The van der Waals surface area contributed by atoms with Crippen LogP contribution in [0.5, 0.6) is 0 Å². The predicted molar refractivity (Wildman–Crippen MR) is 89.4 cm³/mol. The van der Waals surface area contributed by atoms with Gasteiger partial charge >= 0.3 is 0 Å². The Hall–Kier alpha value is -0.810. The smallest absolute Gasteiger partial charge is 0.147 e. The highest BCUT2D eigenvalue weighted by atomic mass is 32.2. The summed E-state index contributed by atoms with van der Waals surface area (Å²) < 4.78 is 0. The van der Waals surface area contributed by atoms with Crippen LogP contribution in [0, 0.1) is 5.92 Å². The lowest BCUT2D eigenvalue weighted by Crippen LogP contribution is -2.33. The van der Waals surface area contributed by atoms with Crippen LogP contribution in [0.25, 0.3) is 0 Å². The van der Waals surface area contributed by atoms with E-state index in [1.807, 2.05) is 24.2 Å². The van der Waals surface area contributed by atoms with Crippen molar-refractivity contribution in [3.05, 3.63) is 18.1 Å². The molecular weight excluding hydrogens is 268 g/mol. The Balaban J connectivity index is 2.56. The molecule has 1 heterocycles. The average Bonchev–Trinajstić information content (AvgIpc) is 2.44. The van der Waals surface area contributed by atoms with Crippen molar-refractivity contribution >= 4 is 17.6 Å². The van der Waals surface area contributed by atoms with Gasteiger partial charge in [0, 0.05) is 25.4 Å². The molecule has 0 aliphatic rings. The van der Waals surface area contributed by atoms with Gasteiger partial charge in [-0.1, -0.05) is 20.8 Å². The summed E-state index contributed by atoms with van der Waals surface area (Å²) in [6, 6.07) is 0.518. The predicted octanol–water partition coefficient (Wildman–Crippen LogP) is 2.80. The van der Waals surface area contributed by atoms with E-state index in [1.165, 1.54) is 0 Å². The van der Waals surface area contributed by atoms with Crippen LogP contribution in [0.1, 0.15) is 32.9 Å². The van der Waals surface area contributed by atoms with Crippen LogP contribution in [0.15, 0.2) is 12.4 Å². The maximum absolute atomic E-state index is 4.54. The summed E-state index contributed by atoms with van der Waals surface area (Å²) in [5.41, 5.74) is 1.00. The molecule has 1 rings (SSSR count). The Morgan fingerprint density at radius 3 is 2.55 bits per heavy atom. The molecule has 20 heavy (non-hydrogen) atoms. The Morgan fingerprint density at radius 2 is 2.05 bits per heavy atom. The fraction of sp³-hybridized carbons (Fsp3) is 0.733. The van der Waals surface area contributed by atoms with Crippen molar-refractivity contribution in [3.63, 3.8) is 0 Å². The zero-order valence-electron chi connectivity index (χ0n) is 13.4. The summed E-state index contributed by atoms with van der Waals surface area (Å²) >= 11 is 1.87. The lowest BCUT2D eigenvalue weighted by molar-refractivity contribution is 0.547. The highest BCUT2D eigenvalue weighted by molar-refractivity contribution is 7.98. The summed E-state index contributed by atoms with van der Waals surface area (Å²) in [6.45, 7) is 8.42. The zero-order chi connectivity index (χ0) is 15.0. The van der Waals surface area contributed by atoms with Crippen LogP contribution >= 0.6 is 11.8 Å². The Labute approximate surface area is 127 Å². The monoisotopic (exact) mass is 296 g/mol. The minimum Gasteiger partial charge on any atom is -0.355 e. The number of thioether (sulfide) groups is 1. The second kappa shape index (κ2) is 9.19. The van der Waals surface area contributed by atoms with Crippen molar-refractivity contribution in [1.29, 1.82) is 0 Å². The summed E-state index contributed by atoms with van der Waals surface area (Å²) in [7, 11) is 2.10. The van der Waals surface area contributed by atoms with Crippen LogP contribution in [-0.4, -0.2) is 41.6 Å². The van der Waals surface area contributed by atoms with Gasteiger partial charge in [-0.05, 0) is 25.1 Å². The van der Waals surface area contributed by atoms with Crippen molar-refractivity contribution in [2.24, 2.45) is 5.92 Å². The van der Waals surface area contributed by atoms with Gasteiger partial charge < -0.3 is 10.2 Å². The zero-order valence-corrected chi connectivity index (χ0v) is 14.2. The molecule has 0 radical (unpaired) electrons. The highest BCUT2D eigenvalue weighted by Crippen LogP contribution is 2.15. The fourth-order valence-electron chi connectivity index (χ4n) is 1.99. The molecular formula is C15H28N4S. The number of rotatable bonds is 9. The molecule has 1 unspecified atom stereocenters. The van der Waals surface area contributed by atoms with Gasteiger partial charge in [0.15, 0.2) is 0 Å². The van der Waals surface area contributed by atoms with Gasteiger partial charge in [-0.2, -0.15) is 11.8 Å². The lowest BCUT2D eigenvalue weighted by atomic mass is 10.2. The number of aromatic nitrogens is 2. The quantitative estimate of drug-likeness (QED) is 0.759. The van der Waals surface area contributed by atoms with Crippen LogP contribution in [0.2, 0.25) is 0 Å². The Bertz CT molecular complexity index is 367.